The summed E-state index contributed by atoms with van der Waals surface area (Å²) in [6.07, 6.45) is 0.334. The summed E-state index contributed by atoms with van der Waals surface area (Å²) in [5, 5.41) is 14.4. The first kappa shape index (κ1) is 10.9. The number of halogens is 1. The van der Waals surface area contributed by atoms with E-state index in [9.17, 15) is 5.11 Å². The van der Waals surface area contributed by atoms with Gasteiger partial charge in [-0.05, 0) is 0 Å². The second kappa shape index (κ2) is 4.49. The van der Waals surface area contributed by atoms with Crippen molar-refractivity contribution in [2.75, 3.05) is 19.8 Å². The van der Waals surface area contributed by atoms with Crippen molar-refractivity contribution in [1.29, 1.82) is 0 Å². The van der Waals surface area contributed by atoms with Crippen LogP contribution in [0.4, 0.5) is 0 Å². The second-order valence-corrected chi connectivity index (χ2v) is 3.84. The summed E-state index contributed by atoms with van der Waals surface area (Å²) in [5.41, 5.74) is 0.562. The highest BCUT2D eigenvalue weighted by Crippen LogP contribution is 2.26. The van der Waals surface area contributed by atoms with Crippen LogP contribution in [0.2, 0.25) is 5.02 Å². The highest BCUT2D eigenvalue weighted by molar-refractivity contribution is 6.31. The van der Waals surface area contributed by atoms with Gasteiger partial charge in [-0.25, -0.2) is 0 Å². The lowest BCUT2D eigenvalue weighted by atomic mass is 10.1. The molecule has 15 heavy (non-hydrogen) atoms. The molecule has 0 amide bonds. The Labute approximate surface area is 92.5 Å². The molecule has 2 unspecified atom stereocenters. The van der Waals surface area contributed by atoms with Gasteiger partial charge in [0.2, 0.25) is 0 Å². The van der Waals surface area contributed by atoms with Gasteiger partial charge < -0.3 is 14.6 Å². The number of hydrogen-bond acceptors (Lipinski definition) is 4. The average molecular weight is 233 g/mol. The summed E-state index contributed by atoms with van der Waals surface area (Å²) >= 11 is 5.92. The normalized spacial score (nSPS) is 24.1. The molecule has 0 saturated carbocycles. The number of nitrogens with zero attached hydrogens (tertiary/aromatic N) is 2. The van der Waals surface area contributed by atoms with E-state index in [0.717, 1.165) is 0 Å². The minimum absolute atomic E-state index is 0.369. The Morgan fingerprint density at radius 2 is 2.47 bits per heavy atom. The Morgan fingerprint density at radius 1 is 1.67 bits per heavy atom. The third-order valence-electron chi connectivity index (χ3n) is 2.41. The fourth-order valence-corrected chi connectivity index (χ4v) is 1.90. The van der Waals surface area contributed by atoms with Crippen molar-refractivity contribution in [2.24, 2.45) is 7.05 Å². The number of aromatic nitrogens is 2. The van der Waals surface area contributed by atoms with Gasteiger partial charge in [-0.2, -0.15) is 5.10 Å². The summed E-state index contributed by atoms with van der Waals surface area (Å²) < 4.78 is 12.2. The minimum Gasteiger partial charge on any atom is -0.384 e. The molecule has 1 aromatic rings. The van der Waals surface area contributed by atoms with Crippen molar-refractivity contribution in [3.05, 3.63) is 16.9 Å². The fraction of sp³-hybridized carbons (Fsp3) is 0.667. The maximum atomic E-state index is 10.0. The molecule has 0 aliphatic carbocycles. The van der Waals surface area contributed by atoms with Gasteiger partial charge in [0.15, 0.2) is 0 Å². The van der Waals surface area contributed by atoms with E-state index in [4.69, 9.17) is 21.1 Å². The van der Waals surface area contributed by atoms with Gasteiger partial charge >= 0.3 is 0 Å². The van der Waals surface area contributed by atoms with Crippen molar-refractivity contribution in [1.82, 2.24) is 9.78 Å². The predicted octanol–water partition coefficient (Wildman–Crippen LogP) is 0.522. The highest BCUT2D eigenvalue weighted by atomic mass is 35.5. The Kier molecular flexibility index (Phi) is 3.25. The van der Waals surface area contributed by atoms with Crippen molar-refractivity contribution in [2.45, 2.75) is 12.2 Å². The quantitative estimate of drug-likeness (QED) is 0.808. The Hall–Kier alpha value is -0.620. The zero-order valence-corrected chi connectivity index (χ0v) is 9.15. The van der Waals surface area contributed by atoms with E-state index in [1.807, 2.05) is 0 Å². The number of aliphatic hydroxyl groups is 1. The molecular weight excluding hydrogens is 220 g/mol. The van der Waals surface area contributed by atoms with Crippen LogP contribution in [-0.2, 0) is 16.5 Å². The first-order chi connectivity index (χ1) is 7.20. The lowest BCUT2D eigenvalue weighted by molar-refractivity contribution is -0.135. The smallest absolute Gasteiger partial charge is 0.125 e. The number of aryl methyl sites for hydroxylation is 1. The number of hydrogen-bond donors (Lipinski definition) is 1. The van der Waals surface area contributed by atoms with Crippen LogP contribution in [0.25, 0.3) is 0 Å². The third-order valence-corrected chi connectivity index (χ3v) is 2.70. The SMILES string of the molecule is Cn1ncc(Cl)c1C(O)C1COCCO1. The van der Waals surface area contributed by atoms with E-state index in [1.165, 1.54) is 6.20 Å². The molecule has 0 bridgehead atoms. The first-order valence-corrected chi connectivity index (χ1v) is 5.12. The molecule has 2 heterocycles. The molecule has 1 N–H and O–H groups in total. The number of aliphatic hydroxyl groups excluding tert-OH is 1. The Morgan fingerprint density at radius 3 is 3.00 bits per heavy atom. The molecule has 1 saturated heterocycles. The monoisotopic (exact) mass is 232 g/mol. The van der Waals surface area contributed by atoms with E-state index in [-0.39, 0.29) is 6.10 Å². The lowest BCUT2D eigenvalue weighted by Gasteiger charge is -2.27. The van der Waals surface area contributed by atoms with Gasteiger partial charge in [0.1, 0.15) is 12.2 Å². The predicted molar refractivity (Wildman–Crippen MR) is 53.7 cm³/mol. The van der Waals surface area contributed by atoms with E-state index in [0.29, 0.717) is 30.5 Å². The topological polar surface area (TPSA) is 56.5 Å². The molecule has 84 valence electrons. The van der Waals surface area contributed by atoms with Gasteiger partial charge in [-0.3, -0.25) is 4.68 Å². The summed E-state index contributed by atoms with van der Waals surface area (Å²) in [6.45, 7) is 1.45. The minimum atomic E-state index is -0.801. The highest BCUT2D eigenvalue weighted by Gasteiger charge is 2.28. The summed E-state index contributed by atoms with van der Waals surface area (Å²) in [5.74, 6) is 0. The Balaban J connectivity index is 2.15. The van der Waals surface area contributed by atoms with Crippen molar-refractivity contribution in [3.8, 4) is 0 Å². The first-order valence-electron chi connectivity index (χ1n) is 4.75. The maximum Gasteiger partial charge on any atom is 0.125 e. The van der Waals surface area contributed by atoms with E-state index in [1.54, 1.807) is 11.7 Å². The Bertz CT molecular complexity index is 317. The summed E-state index contributed by atoms with van der Waals surface area (Å²) in [7, 11) is 1.73. The molecule has 0 spiro atoms. The second-order valence-electron chi connectivity index (χ2n) is 3.43. The zero-order chi connectivity index (χ0) is 10.8. The molecule has 2 rings (SSSR count). The summed E-state index contributed by atoms with van der Waals surface area (Å²) in [4.78, 5) is 0. The van der Waals surface area contributed by atoms with Crippen LogP contribution in [-0.4, -0.2) is 40.8 Å². The zero-order valence-electron chi connectivity index (χ0n) is 8.39. The molecule has 6 heteroatoms. The van der Waals surface area contributed by atoms with E-state index in [2.05, 4.69) is 5.10 Å². The molecule has 1 fully saturated rings. The molecule has 5 nitrogen and oxygen atoms in total. The molecule has 0 radical (unpaired) electrons. The number of rotatable bonds is 2. The average Bonchev–Trinajstić information content (AvgIpc) is 2.59. The van der Waals surface area contributed by atoms with Crippen LogP contribution in [0, 0.1) is 0 Å². The molecule has 2 atom stereocenters. The molecule has 1 aromatic heterocycles. The van der Waals surface area contributed by atoms with Crippen LogP contribution in [0.3, 0.4) is 0 Å². The number of ether oxygens (including phenoxy) is 2. The largest absolute Gasteiger partial charge is 0.384 e. The molecule has 0 aromatic carbocycles. The van der Waals surface area contributed by atoms with Crippen molar-refractivity contribution in [3.63, 3.8) is 0 Å². The van der Waals surface area contributed by atoms with Crippen molar-refractivity contribution >= 4 is 11.6 Å². The van der Waals surface area contributed by atoms with Crippen LogP contribution >= 0.6 is 11.6 Å². The van der Waals surface area contributed by atoms with Crippen LogP contribution < -0.4 is 0 Å². The van der Waals surface area contributed by atoms with Gasteiger partial charge in [0.25, 0.3) is 0 Å². The van der Waals surface area contributed by atoms with E-state index < -0.39 is 6.10 Å². The standard InChI is InChI=1S/C9H13ClN2O3/c1-12-8(6(10)4-11-12)9(13)7-5-14-2-3-15-7/h4,7,9,13H,2-3,5H2,1H3. The molecule has 1 aliphatic heterocycles. The van der Waals surface area contributed by atoms with Gasteiger partial charge in [-0.1, -0.05) is 11.6 Å². The van der Waals surface area contributed by atoms with Crippen molar-refractivity contribution < 1.29 is 14.6 Å². The lowest BCUT2D eigenvalue weighted by Crippen LogP contribution is -2.34. The fourth-order valence-electron chi connectivity index (χ4n) is 1.62. The summed E-state index contributed by atoms with van der Waals surface area (Å²) in [6, 6.07) is 0. The maximum absolute atomic E-state index is 10.0. The molecule has 1 aliphatic rings. The van der Waals surface area contributed by atoms with Crippen LogP contribution in [0.5, 0.6) is 0 Å². The van der Waals surface area contributed by atoms with E-state index >= 15 is 0 Å². The van der Waals surface area contributed by atoms with Crippen LogP contribution in [0.1, 0.15) is 11.8 Å². The van der Waals surface area contributed by atoms with Gasteiger partial charge in [-0.15, -0.1) is 0 Å². The third kappa shape index (κ3) is 2.15. The van der Waals surface area contributed by atoms with Crippen LogP contribution in [0.15, 0.2) is 6.20 Å². The van der Waals surface area contributed by atoms with Gasteiger partial charge in [0, 0.05) is 7.05 Å². The molecular formula is C9H13ClN2O3. The van der Waals surface area contributed by atoms with Gasteiger partial charge in [0.05, 0.1) is 36.7 Å².